The van der Waals surface area contributed by atoms with Gasteiger partial charge in [-0.3, -0.25) is 4.79 Å². The van der Waals surface area contributed by atoms with E-state index < -0.39 is 0 Å². The third-order valence-corrected chi connectivity index (χ3v) is 2.82. The van der Waals surface area contributed by atoms with Crippen molar-refractivity contribution in [3.05, 3.63) is 25.7 Å². The van der Waals surface area contributed by atoms with Gasteiger partial charge in [0.1, 0.15) is 0 Å². The van der Waals surface area contributed by atoms with Crippen LogP contribution in [0.25, 0.3) is 0 Å². The number of Topliss-reactive ketones (excluding diaryl/α,β-unsaturated/α-hetero) is 1. The summed E-state index contributed by atoms with van der Waals surface area (Å²) in [6, 6.07) is 3.61. The Labute approximate surface area is 92.8 Å². The number of nitrogen functional groups attached to an aromatic ring is 1. The number of ketones is 1. The zero-order chi connectivity index (χ0) is 9.30. The lowest BCUT2D eigenvalue weighted by atomic mass is 10.1. The number of carbonyl (C=O) groups is 1. The molecule has 0 unspecified atom stereocenters. The normalized spacial score (nSPS) is 9.92. The van der Waals surface area contributed by atoms with Crippen LogP contribution in [0.4, 0.5) is 5.69 Å². The van der Waals surface area contributed by atoms with E-state index in [0.717, 1.165) is 8.04 Å². The minimum Gasteiger partial charge on any atom is -0.397 e. The first-order valence-electron chi connectivity index (χ1n) is 3.28. The fourth-order valence-electron chi connectivity index (χ4n) is 0.876. The van der Waals surface area contributed by atoms with Gasteiger partial charge in [0.25, 0.3) is 0 Å². The Hall–Kier alpha value is -0.100. The first-order valence-corrected chi connectivity index (χ1v) is 5.15. The molecule has 0 aromatic heterocycles. The van der Waals surface area contributed by atoms with Crippen molar-refractivity contribution in [1.29, 1.82) is 0 Å². The van der Waals surface area contributed by atoms with E-state index in [4.69, 9.17) is 5.73 Å². The molecule has 0 aliphatic rings. The maximum Gasteiger partial charge on any atom is 0.161 e. The molecule has 0 aliphatic carbocycles. The molecule has 64 valence electrons. The number of nitrogens with two attached hydrogens (primary N) is 1. The monoisotopic (exact) mass is 339 g/mol. The number of benzene rings is 1. The number of carbonyl (C=O) groups excluding carboxylic acids is 1. The van der Waals surface area contributed by atoms with Gasteiger partial charge in [-0.15, -0.1) is 0 Å². The summed E-state index contributed by atoms with van der Waals surface area (Å²) in [5, 5.41) is 0. The maximum absolute atomic E-state index is 11.1. The lowest BCUT2D eigenvalue weighted by Gasteiger charge is -2.04. The molecule has 1 aromatic rings. The molecular formula is C8H7BrINO. The Morgan fingerprint density at radius 3 is 2.67 bits per heavy atom. The summed E-state index contributed by atoms with van der Waals surface area (Å²) in [6.07, 6.45) is 0. The van der Waals surface area contributed by atoms with Gasteiger partial charge in [0, 0.05) is 13.6 Å². The number of hydrogen-bond donors (Lipinski definition) is 1. The largest absolute Gasteiger partial charge is 0.397 e. The van der Waals surface area contributed by atoms with E-state index in [-0.39, 0.29) is 5.78 Å². The molecule has 0 radical (unpaired) electrons. The zero-order valence-corrected chi connectivity index (χ0v) is 10.1. The lowest BCUT2D eigenvalue weighted by Crippen LogP contribution is -2.01. The Balaban J connectivity index is 3.37. The molecule has 0 atom stereocenters. The fourth-order valence-corrected chi connectivity index (χ4v) is 2.39. The predicted molar refractivity (Wildman–Crippen MR) is 61.3 cm³/mol. The van der Waals surface area contributed by atoms with Crippen LogP contribution in [0.2, 0.25) is 0 Å². The summed E-state index contributed by atoms with van der Waals surface area (Å²) < 4.78 is 1.78. The molecule has 2 N–H and O–H groups in total. The average molecular weight is 340 g/mol. The van der Waals surface area contributed by atoms with Gasteiger partial charge in [-0.25, -0.2) is 0 Å². The maximum atomic E-state index is 11.1. The molecule has 12 heavy (non-hydrogen) atoms. The quantitative estimate of drug-likeness (QED) is 0.485. The Morgan fingerprint density at radius 1 is 1.58 bits per heavy atom. The van der Waals surface area contributed by atoms with Crippen molar-refractivity contribution < 1.29 is 4.79 Å². The highest BCUT2D eigenvalue weighted by molar-refractivity contribution is 14.1. The average Bonchev–Trinajstić information content (AvgIpc) is 1.96. The van der Waals surface area contributed by atoms with E-state index in [1.54, 1.807) is 6.07 Å². The number of halogens is 2. The highest BCUT2D eigenvalue weighted by Gasteiger charge is 2.08. The third-order valence-electron chi connectivity index (χ3n) is 1.47. The van der Waals surface area contributed by atoms with Crippen LogP contribution < -0.4 is 5.73 Å². The van der Waals surface area contributed by atoms with Gasteiger partial charge in [-0.2, -0.15) is 0 Å². The van der Waals surface area contributed by atoms with E-state index in [1.165, 1.54) is 6.92 Å². The van der Waals surface area contributed by atoms with Gasteiger partial charge in [-0.05, 0) is 41.6 Å². The summed E-state index contributed by atoms with van der Waals surface area (Å²) in [5.74, 6) is -0.00767. The summed E-state index contributed by atoms with van der Waals surface area (Å²) >= 11 is 5.40. The highest BCUT2D eigenvalue weighted by atomic mass is 127. The topological polar surface area (TPSA) is 43.1 Å². The molecule has 0 saturated carbocycles. The van der Waals surface area contributed by atoms with E-state index in [9.17, 15) is 4.79 Å². The van der Waals surface area contributed by atoms with Crippen molar-refractivity contribution >= 4 is 50.0 Å². The van der Waals surface area contributed by atoms with Crippen LogP contribution in [0.5, 0.6) is 0 Å². The predicted octanol–water partition coefficient (Wildman–Crippen LogP) is 2.84. The molecule has 4 heteroatoms. The minimum absolute atomic E-state index is 0.00767. The smallest absolute Gasteiger partial charge is 0.161 e. The summed E-state index contributed by atoms with van der Waals surface area (Å²) in [5.41, 5.74) is 6.84. The molecule has 0 aliphatic heterocycles. The molecule has 1 aromatic carbocycles. The number of hydrogen-bond acceptors (Lipinski definition) is 2. The summed E-state index contributed by atoms with van der Waals surface area (Å²) in [6.45, 7) is 1.51. The molecular weight excluding hydrogens is 333 g/mol. The standard InChI is InChI=1S/C8H7BrINO/c1-4(12)6-2-5(9)3-7(10)8(6)11/h2-3H,11H2,1H3. The molecule has 0 bridgehead atoms. The van der Waals surface area contributed by atoms with Crippen LogP contribution in [0.1, 0.15) is 17.3 Å². The fraction of sp³-hybridized carbons (Fsp3) is 0.125. The first-order chi connectivity index (χ1) is 5.52. The minimum atomic E-state index is -0.00767. The highest BCUT2D eigenvalue weighted by Crippen LogP contribution is 2.25. The van der Waals surface area contributed by atoms with Gasteiger partial charge in [0.05, 0.1) is 5.69 Å². The molecule has 0 saturated heterocycles. The van der Waals surface area contributed by atoms with Crippen LogP contribution >= 0.6 is 38.5 Å². The molecule has 0 amide bonds. The van der Waals surface area contributed by atoms with Gasteiger partial charge in [-0.1, -0.05) is 15.9 Å². The van der Waals surface area contributed by atoms with E-state index in [1.807, 2.05) is 6.07 Å². The van der Waals surface area contributed by atoms with Crippen LogP contribution in [-0.2, 0) is 0 Å². The van der Waals surface area contributed by atoms with E-state index in [0.29, 0.717) is 11.3 Å². The molecule has 0 fully saturated rings. The van der Waals surface area contributed by atoms with Crippen molar-refractivity contribution in [2.75, 3.05) is 5.73 Å². The zero-order valence-electron chi connectivity index (χ0n) is 6.40. The van der Waals surface area contributed by atoms with E-state index >= 15 is 0 Å². The second-order valence-electron chi connectivity index (χ2n) is 2.41. The van der Waals surface area contributed by atoms with Crippen molar-refractivity contribution in [3.8, 4) is 0 Å². The lowest BCUT2D eigenvalue weighted by molar-refractivity contribution is 0.101. The van der Waals surface area contributed by atoms with Crippen molar-refractivity contribution in [1.82, 2.24) is 0 Å². The SMILES string of the molecule is CC(=O)c1cc(Br)cc(I)c1N. The number of rotatable bonds is 1. The summed E-state index contributed by atoms with van der Waals surface area (Å²) in [4.78, 5) is 11.1. The van der Waals surface area contributed by atoms with Crippen LogP contribution in [-0.4, -0.2) is 5.78 Å². The Kier molecular flexibility index (Phi) is 3.11. The number of anilines is 1. The van der Waals surface area contributed by atoms with Gasteiger partial charge < -0.3 is 5.73 Å². The molecule has 1 rings (SSSR count). The van der Waals surface area contributed by atoms with Crippen LogP contribution in [0, 0.1) is 3.57 Å². The van der Waals surface area contributed by atoms with Gasteiger partial charge in [0.15, 0.2) is 5.78 Å². The van der Waals surface area contributed by atoms with Crippen molar-refractivity contribution in [3.63, 3.8) is 0 Å². The molecule has 2 nitrogen and oxygen atoms in total. The van der Waals surface area contributed by atoms with Crippen LogP contribution in [0.15, 0.2) is 16.6 Å². The Bertz CT molecular complexity index is 338. The van der Waals surface area contributed by atoms with Crippen LogP contribution in [0.3, 0.4) is 0 Å². The second kappa shape index (κ2) is 3.74. The second-order valence-corrected chi connectivity index (χ2v) is 4.48. The summed E-state index contributed by atoms with van der Waals surface area (Å²) in [7, 11) is 0. The Morgan fingerprint density at radius 2 is 2.17 bits per heavy atom. The van der Waals surface area contributed by atoms with E-state index in [2.05, 4.69) is 38.5 Å². The van der Waals surface area contributed by atoms with Gasteiger partial charge in [0.2, 0.25) is 0 Å². The molecule has 0 heterocycles. The van der Waals surface area contributed by atoms with Crippen molar-refractivity contribution in [2.45, 2.75) is 6.92 Å². The molecule has 0 spiro atoms. The first kappa shape index (κ1) is 9.98. The third kappa shape index (κ3) is 1.98. The van der Waals surface area contributed by atoms with Crippen molar-refractivity contribution in [2.24, 2.45) is 0 Å². The van der Waals surface area contributed by atoms with Gasteiger partial charge >= 0.3 is 0 Å².